The molecular formula is C29H26BrN3O7. The Labute approximate surface area is 239 Å². The first-order chi connectivity index (χ1) is 19.2. The summed E-state index contributed by atoms with van der Waals surface area (Å²) in [4.78, 5) is 51.6. The van der Waals surface area contributed by atoms with E-state index in [0.29, 0.717) is 28.1 Å². The molecule has 5 amide bonds. The number of anilines is 2. The van der Waals surface area contributed by atoms with Crippen LogP contribution in [0.15, 0.2) is 70.7 Å². The number of hydrogen-bond donors (Lipinski definition) is 2. The van der Waals surface area contributed by atoms with Crippen LogP contribution >= 0.6 is 15.9 Å². The molecule has 4 rings (SSSR count). The van der Waals surface area contributed by atoms with Gasteiger partial charge in [0.25, 0.3) is 17.7 Å². The highest BCUT2D eigenvalue weighted by Crippen LogP contribution is 2.37. The predicted octanol–water partition coefficient (Wildman–Crippen LogP) is 4.85. The summed E-state index contributed by atoms with van der Waals surface area (Å²) in [6.07, 6.45) is 1.34. The summed E-state index contributed by atoms with van der Waals surface area (Å²) in [6, 6.07) is 16.0. The van der Waals surface area contributed by atoms with Crippen LogP contribution in [0.4, 0.5) is 16.2 Å². The maximum atomic E-state index is 13.2. The summed E-state index contributed by atoms with van der Waals surface area (Å²) in [7, 11) is 1.42. The van der Waals surface area contributed by atoms with Crippen molar-refractivity contribution in [2.75, 3.05) is 30.5 Å². The fourth-order valence-corrected chi connectivity index (χ4v) is 4.43. The molecule has 1 aliphatic rings. The number of benzene rings is 3. The second kappa shape index (κ2) is 12.5. The van der Waals surface area contributed by atoms with Gasteiger partial charge in [0.05, 0.1) is 23.9 Å². The minimum atomic E-state index is -0.859. The number of carbonyl (C=O) groups excluding carboxylic acids is 4. The van der Waals surface area contributed by atoms with Gasteiger partial charge in [0.1, 0.15) is 11.3 Å². The second-order valence-electron chi connectivity index (χ2n) is 8.62. The van der Waals surface area contributed by atoms with Gasteiger partial charge in [-0.3, -0.25) is 19.7 Å². The van der Waals surface area contributed by atoms with Crippen molar-refractivity contribution >= 4 is 57.1 Å². The lowest BCUT2D eigenvalue weighted by atomic mass is 10.1. The van der Waals surface area contributed by atoms with E-state index in [4.69, 9.17) is 14.2 Å². The monoisotopic (exact) mass is 607 g/mol. The van der Waals surface area contributed by atoms with Crippen molar-refractivity contribution in [3.63, 3.8) is 0 Å². The van der Waals surface area contributed by atoms with Crippen LogP contribution in [0.25, 0.3) is 6.08 Å². The summed E-state index contributed by atoms with van der Waals surface area (Å²) in [5, 5.41) is 4.95. The van der Waals surface area contributed by atoms with E-state index >= 15 is 0 Å². The molecule has 1 heterocycles. The van der Waals surface area contributed by atoms with E-state index in [1.54, 1.807) is 48.5 Å². The number of urea groups is 1. The van der Waals surface area contributed by atoms with Crippen molar-refractivity contribution < 1.29 is 33.4 Å². The number of rotatable bonds is 9. The molecular weight excluding hydrogens is 582 g/mol. The standard InChI is InChI=1S/C29H26BrN3O7/c1-4-39-21-11-9-20(10-12-21)33-28(36)22(27(35)32-29(33)37)13-18-14-23(30)26(24(15-18)38-3)40-16-25(34)31-19-7-5-17(2)6-8-19/h5-15H,4,16H2,1-3H3,(H,31,34)(H,32,35,37)/b22-13+. The minimum absolute atomic E-state index is 0.256. The smallest absolute Gasteiger partial charge is 0.335 e. The van der Waals surface area contributed by atoms with Gasteiger partial charge in [-0.25, -0.2) is 9.69 Å². The molecule has 0 radical (unpaired) electrons. The Bertz CT molecular complexity index is 1480. The third kappa shape index (κ3) is 6.49. The highest BCUT2D eigenvalue weighted by atomic mass is 79.9. The zero-order chi connectivity index (χ0) is 28.8. The van der Waals surface area contributed by atoms with Crippen molar-refractivity contribution in [3.8, 4) is 17.2 Å². The Morgan fingerprint density at radius 2 is 1.73 bits per heavy atom. The van der Waals surface area contributed by atoms with Crippen molar-refractivity contribution in [2.45, 2.75) is 13.8 Å². The number of barbiturate groups is 1. The maximum Gasteiger partial charge on any atom is 0.335 e. The lowest BCUT2D eigenvalue weighted by Gasteiger charge is -2.26. The Morgan fingerprint density at radius 1 is 1.02 bits per heavy atom. The molecule has 1 saturated heterocycles. The number of nitrogens with zero attached hydrogens (tertiary/aromatic N) is 1. The Kier molecular flexibility index (Phi) is 8.85. The van der Waals surface area contributed by atoms with E-state index in [1.165, 1.54) is 13.2 Å². The number of carbonyl (C=O) groups is 4. The average Bonchev–Trinajstić information content (AvgIpc) is 2.92. The lowest BCUT2D eigenvalue weighted by molar-refractivity contribution is -0.122. The quantitative estimate of drug-likeness (QED) is 0.263. The maximum absolute atomic E-state index is 13.2. The van der Waals surface area contributed by atoms with E-state index in [0.717, 1.165) is 10.5 Å². The molecule has 3 aromatic rings. The molecule has 0 unspecified atom stereocenters. The molecule has 11 heteroatoms. The van der Waals surface area contributed by atoms with Gasteiger partial charge in [0, 0.05) is 5.69 Å². The van der Waals surface area contributed by atoms with Crippen LogP contribution in [0.1, 0.15) is 18.1 Å². The fraction of sp³-hybridized carbons (Fsp3) is 0.172. The van der Waals surface area contributed by atoms with Crippen LogP contribution in [0.3, 0.4) is 0 Å². The molecule has 0 saturated carbocycles. The average molecular weight is 608 g/mol. The number of amides is 5. The first-order valence-corrected chi connectivity index (χ1v) is 13.0. The first-order valence-electron chi connectivity index (χ1n) is 12.2. The highest BCUT2D eigenvalue weighted by Gasteiger charge is 2.37. The zero-order valence-electron chi connectivity index (χ0n) is 21.9. The topological polar surface area (TPSA) is 123 Å². The molecule has 0 bridgehead atoms. The van der Waals surface area contributed by atoms with Crippen molar-refractivity contribution in [1.29, 1.82) is 0 Å². The summed E-state index contributed by atoms with van der Waals surface area (Å²) in [5.74, 6) is -0.898. The molecule has 2 N–H and O–H groups in total. The van der Waals surface area contributed by atoms with E-state index in [-0.39, 0.29) is 35.3 Å². The van der Waals surface area contributed by atoms with Gasteiger partial charge in [-0.05, 0) is 89.9 Å². The minimum Gasteiger partial charge on any atom is -0.494 e. The van der Waals surface area contributed by atoms with Gasteiger partial charge in [0.15, 0.2) is 18.1 Å². The van der Waals surface area contributed by atoms with Crippen LogP contribution in [-0.2, 0) is 14.4 Å². The number of aryl methyl sites for hydroxylation is 1. The van der Waals surface area contributed by atoms with Crippen molar-refractivity contribution in [2.24, 2.45) is 0 Å². The third-order valence-electron chi connectivity index (χ3n) is 5.75. The van der Waals surface area contributed by atoms with Gasteiger partial charge in [-0.2, -0.15) is 0 Å². The molecule has 10 nitrogen and oxygen atoms in total. The van der Waals surface area contributed by atoms with E-state index in [2.05, 4.69) is 26.6 Å². The zero-order valence-corrected chi connectivity index (χ0v) is 23.5. The van der Waals surface area contributed by atoms with Crippen LogP contribution in [0.5, 0.6) is 17.2 Å². The third-order valence-corrected chi connectivity index (χ3v) is 6.34. The van der Waals surface area contributed by atoms with Crippen LogP contribution in [0.2, 0.25) is 0 Å². The normalized spacial score (nSPS) is 14.2. The molecule has 206 valence electrons. The van der Waals surface area contributed by atoms with Crippen molar-refractivity contribution in [1.82, 2.24) is 5.32 Å². The molecule has 0 atom stereocenters. The molecule has 1 fully saturated rings. The second-order valence-corrected chi connectivity index (χ2v) is 9.48. The molecule has 40 heavy (non-hydrogen) atoms. The molecule has 0 aromatic heterocycles. The molecule has 0 spiro atoms. The number of methoxy groups -OCH3 is 1. The van der Waals surface area contributed by atoms with Crippen LogP contribution in [0, 0.1) is 6.92 Å². The Morgan fingerprint density at radius 3 is 2.38 bits per heavy atom. The van der Waals surface area contributed by atoms with Gasteiger partial charge >= 0.3 is 6.03 Å². The lowest BCUT2D eigenvalue weighted by Crippen LogP contribution is -2.54. The summed E-state index contributed by atoms with van der Waals surface area (Å²) < 4.78 is 17.0. The predicted molar refractivity (Wildman–Crippen MR) is 153 cm³/mol. The Balaban J connectivity index is 1.54. The number of ether oxygens (including phenoxy) is 3. The highest BCUT2D eigenvalue weighted by molar-refractivity contribution is 9.10. The van der Waals surface area contributed by atoms with Crippen LogP contribution in [-0.4, -0.2) is 44.1 Å². The van der Waals surface area contributed by atoms with E-state index in [9.17, 15) is 19.2 Å². The van der Waals surface area contributed by atoms with Gasteiger partial charge in [-0.15, -0.1) is 0 Å². The number of hydrogen-bond acceptors (Lipinski definition) is 7. The first kappa shape index (κ1) is 28.4. The Hall–Kier alpha value is -4.64. The largest absolute Gasteiger partial charge is 0.494 e. The van der Waals surface area contributed by atoms with Gasteiger partial charge < -0.3 is 19.5 Å². The molecule has 3 aromatic carbocycles. The number of imide groups is 2. The molecule has 1 aliphatic heterocycles. The van der Waals surface area contributed by atoms with E-state index in [1.807, 2.05) is 26.0 Å². The van der Waals surface area contributed by atoms with Crippen LogP contribution < -0.4 is 29.7 Å². The number of nitrogens with one attached hydrogen (secondary N) is 2. The number of halogens is 1. The SMILES string of the molecule is CCOc1ccc(N2C(=O)NC(=O)/C(=C\c3cc(Br)c(OCC(=O)Nc4ccc(C)cc4)c(OC)c3)C2=O)cc1. The fourth-order valence-electron chi connectivity index (χ4n) is 3.85. The van der Waals surface area contributed by atoms with Crippen molar-refractivity contribution in [3.05, 3.63) is 81.8 Å². The molecule has 0 aliphatic carbocycles. The van der Waals surface area contributed by atoms with Gasteiger partial charge in [0.2, 0.25) is 0 Å². The van der Waals surface area contributed by atoms with E-state index < -0.39 is 17.8 Å². The summed E-state index contributed by atoms with van der Waals surface area (Å²) in [6.45, 7) is 3.97. The van der Waals surface area contributed by atoms with Gasteiger partial charge in [-0.1, -0.05) is 17.7 Å². The summed E-state index contributed by atoms with van der Waals surface area (Å²) >= 11 is 3.41. The summed E-state index contributed by atoms with van der Waals surface area (Å²) in [5.41, 5.74) is 2.14.